The Hall–Kier alpha value is -2.38. The highest BCUT2D eigenvalue weighted by atomic mass is 35.5. The zero-order valence-electron chi connectivity index (χ0n) is 15.7. The minimum absolute atomic E-state index is 0.0934. The first-order chi connectivity index (χ1) is 13.0. The van der Waals surface area contributed by atoms with Gasteiger partial charge in [-0.25, -0.2) is 9.97 Å². The summed E-state index contributed by atoms with van der Waals surface area (Å²) in [5, 5.41) is 3.38. The molecule has 1 aliphatic heterocycles. The van der Waals surface area contributed by atoms with Crippen molar-refractivity contribution in [1.82, 2.24) is 14.9 Å². The molecular weight excluding hydrogens is 364 g/mol. The highest BCUT2D eigenvalue weighted by molar-refractivity contribution is 6.30. The number of carbonyl (C=O) groups is 1. The van der Waals surface area contributed by atoms with Gasteiger partial charge in [0.2, 0.25) is 0 Å². The first-order valence-electron chi connectivity index (χ1n) is 9.14. The largest absolute Gasteiger partial charge is 0.370 e. The van der Waals surface area contributed by atoms with Crippen LogP contribution in [0, 0.1) is 0 Å². The van der Waals surface area contributed by atoms with E-state index in [1.54, 1.807) is 0 Å². The van der Waals surface area contributed by atoms with Crippen molar-refractivity contribution in [2.45, 2.75) is 19.8 Å². The average molecular weight is 389 g/mol. The maximum atomic E-state index is 11.7. The Morgan fingerprint density at radius 3 is 2.59 bits per heavy atom. The molecule has 1 fully saturated rings. The molecular formula is C19H25ClN6O. The highest BCUT2D eigenvalue weighted by Crippen LogP contribution is 2.24. The van der Waals surface area contributed by atoms with E-state index in [1.165, 1.54) is 5.69 Å². The summed E-state index contributed by atoms with van der Waals surface area (Å²) in [7, 11) is 2.16. The molecule has 1 aromatic heterocycles. The Kier molecular flexibility index (Phi) is 6.13. The molecule has 0 bridgehead atoms. The molecule has 0 spiro atoms. The molecule has 2 heterocycles. The third-order valence-electron chi connectivity index (χ3n) is 4.70. The second-order valence-electron chi connectivity index (χ2n) is 6.69. The number of aryl methyl sites for hydroxylation is 1. The van der Waals surface area contributed by atoms with E-state index in [1.807, 2.05) is 19.1 Å². The first-order valence-corrected chi connectivity index (χ1v) is 9.52. The van der Waals surface area contributed by atoms with Crippen molar-refractivity contribution in [3.05, 3.63) is 40.8 Å². The molecule has 3 rings (SSSR count). The van der Waals surface area contributed by atoms with Crippen LogP contribution in [-0.4, -0.2) is 54.0 Å². The third-order valence-corrected chi connectivity index (χ3v) is 5.00. The summed E-state index contributed by atoms with van der Waals surface area (Å²) >= 11 is 6.15. The normalized spacial score (nSPS) is 15.4. The number of nitrogens with two attached hydrogens (primary N) is 1. The van der Waals surface area contributed by atoms with E-state index in [4.69, 9.17) is 17.3 Å². The van der Waals surface area contributed by atoms with E-state index in [2.05, 4.69) is 44.3 Å². The lowest BCUT2D eigenvalue weighted by Gasteiger charge is -2.23. The molecule has 8 heteroatoms. The van der Waals surface area contributed by atoms with E-state index in [9.17, 15) is 4.79 Å². The smallest absolute Gasteiger partial charge is 0.271 e. The monoisotopic (exact) mass is 388 g/mol. The van der Waals surface area contributed by atoms with Crippen molar-refractivity contribution in [2.24, 2.45) is 5.73 Å². The minimum Gasteiger partial charge on any atom is -0.370 e. The topological polar surface area (TPSA) is 87.4 Å². The van der Waals surface area contributed by atoms with Crippen LogP contribution in [0.15, 0.2) is 24.3 Å². The Balaban J connectivity index is 1.78. The summed E-state index contributed by atoms with van der Waals surface area (Å²) in [6, 6.07) is 8.04. The van der Waals surface area contributed by atoms with Gasteiger partial charge in [-0.05, 0) is 50.7 Å². The molecule has 27 heavy (non-hydrogen) atoms. The summed E-state index contributed by atoms with van der Waals surface area (Å²) in [6.07, 6.45) is 1.72. The number of hydrogen-bond acceptors (Lipinski definition) is 6. The van der Waals surface area contributed by atoms with E-state index < -0.39 is 5.91 Å². The van der Waals surface area contributed by atoms with Crippen molar-refractivity contribution in [3.8, 4) is 0 Å². The first kappa shape index (κ1) is 19.4. The van der Waals surface area contributed by atoms with Gasteiger partial charge in [0.05, 0.1) is 5.69 Å². The van der Waals surface area contributed by atoms with Crippen LogP contribution in [0.3, 0.4) is 0 Å². The predicted molar refractivity (Wildman–Crippen MR) is 109 cm³/mol. The molecule has 1 aromatic carbocycles. The van der Waals surface area contributed by atoms with E-state index in [0.29, 0.717) is 12.1 Å². The molecule has 0 aliphatic carbocycles. The number of halogens is 1. The molecule has 0 unspecified atom stereocenters. The van der Waals surface area contributed by atoms with Crippen LogP contribution in [-0.2, 0) is 6.42 Å². The molecule has 0 atom stereocenters. The predicted octanol–water partition coefficient (Wildman–Crippen LogP) is 2.68. The quantitative estimate of drug-likeness (QED) is 0.818. The van der Waals surface area contributed by atoms with E-state index in [-0.39, 0.29) is 16.7 Å². The van der Waals surface area contributed by atoms with Crippen molar-refractivity contribution in [2.75, 3.05) is 43.4 Å². The number of nitrogens with one attached hydrogen (secondary N) is 1. The Morgan fingerprint density at radius 1 is 1.19 bits per heavy atom. The lowest BCUT2D eigenvalue weighted by atomic mass is 10.2. The van der Waals surface area contributed by atoms with Gasteiger partial charge in [-0.2, -0.15) is 0 Å². The molecule has 1 amide bonds. The number of nitrogens with zero attached hydrogens (tertiary/aromatic N) is 4. The molecule has 1 aliphatic rings. The van der Waals surface area contributed by atoms with Crippen molar-refractivity contribution >= 4 is 34.7 Å². The fourth-order valence-electron chi connectivity index (χ4n) is 3.13. The van der Waals surface area contributed by atoms with Crippen LogP contribution in [0.2, 0.25) is 5.15 Å². The maximum absolute atomic E-state index is 11.7. The second kappa shape index (κ2) is 8.54. The van der Waals surface area contributed by atoms with Crippen LogP contribution in [0.25, 0.3) is 0 Å². The highest BCUT2D eigenvalue weighted by Gasteiger charge is 2.17. The van der Waals surface area contributed by atoms with Crippen LogP contribution in [0.1, 0.15) is 29.5 Å². The van der Waals surface area contributed by atoms with Gasteiger partial charge in [-0.1, -0.05) is 18.5 Å². The third kappa shape index (κ3) is 4.67. The average Bonchev–Trinajstić information content (AvgIpc) is 2.87. The molecule has 144 valence electrons. The Morgan fingerprint density at radius 2 is 1.93 bits per heavy atom. The van der Waals surface area contributed by atoms with Crippen LogP contribution >= 0.6 is 11.6 Å². The lowest BCUT2D eigenvalue weighted by Crippen LogP contribution is -2.28. The van der Waals surface area contributed by atoms with Gasteiger partial charge in [-0.15, -0.1) is 0 Å². The SMILES string of the molecule is CCc1nc(C(N)=O)c(Nc2ccc(N3CCCN(C)CC3)cc2)nc1Cl. The zero-order chi connectivity index (χ0) is 19.4. The summed E-state index contributed by atoms with van der Waals surface area (Å²) in [4.78, 5) is 25.0. The summed E-state index contributed by atoms with van der Waals surface area (Å²) < 4.78 is 0. The number of rotatable bonds is 5. The molecule has 7 nitrogen and oxygen atoms in total. The number of likely N-dealkylation sites (N-methyl/N-ethyl adjacent to an activating group) is 1. The van der Waals surface area contributed by atoms with Crippen LogP contribution < -0.4 is 16.0 Å². The zero-order valence-corrected chi connectivity index (χ0v) is 16.5. The molecule has 2 aromatic rings. The van der Waals surface area contributed by atoms with Gasteiger partial charge in [0.25, 0.3) is 5.91 Å². The van der Waals surface area contributed by atoms with Gasteiger partial charge in [0.15, 0.2) is 16.7 Å². The summed E-state index contributed by atoms with van der Waals surface area (Å²) in [6.45, 7) is 6.13. The number of amides is 1. The molecule has 0 radical (unpaired) electrons. The van der Waals surface area contributed by atoms with Gasteiger partial charge >= 0.3 is 0 Å². The van der Waals surface area contributed by atoms with Crippen molar-refractivity contribution in [1.29, 1.82) is 0 Å². The minimum atomic E-state index is -0.637. The van der Waals surface area contributed by atoms with Crippen molar-refractivity contribution < 1.29 is 4.79 Å². The maximum Gasteiger partial charge on any atom is 0.271 e. The van der Waals surface area contributed by atoms with Gasteiger partial charge in [-0.3, -0.25) is 4.79 Å². The number of aromatic nitrogens is 2. The van der Waals surface area contributed by atoms with Crippen LogP contribution in [0.5, 0.6) is 0 Å². The van der Waals surface area contributed by atoms with Crippen molar-refractivity contribution in [3.63, 3.8) is 0 Å². The number of carbonyl (C=O) groups excluding carboxylic acids is 1. The molecule has 0 saturated carbocycles. The van der Waals surface area contributed by atoms with Gasteiger partial charge in [0, 0.05) is 31.0 Å². The van der Waals surface area contributed by atoms with E-state index in [0.717, 1.165) is 38.3 Å². The second-order valence-corrected chi connectivity index (χ2v) is 7.05. The number of hydrogen-bond donors (Lipinski definition) is 2. The fourth-order valence-corrected chi connectivity index (χ4v) is 3.39. The number of primary amides is 1. The van der Waals surface area contributed by atoms with Gasteiger partial charge < -0.3 is 20.9 Å². The standard InChI is InChI=1S/C19H25ClN6O/c1-3-15-17(20)24-19(16(23-15)18(21)27)22-13-5-7-14(8-6-13)26-10-4-9-25(2)11-12-26/h5-8H,3-4,9-12H2,1-2H3,(H2,21,27)(H,22,24). The summed E-state index contributed by atoms with van der Waals surface area (Å²) in [5.74, 6) is -0.365. The molecule has 3 N–H and O–H groups in total. The van der Waals surface area contributed by atoms with Crippen LogP contribution in [0.4, 0.5) is 17.2 Å². The lowest BCUT2D eigenvalue weighted by molar-refractivity contribution is 0.0996. The van der Waals surface area contributed by atoms with Gasteiger partial charge in [0.1, 0.15) is 0 Å². The molecule has 1 saturated heterocycles. The fraction of sp³-hybridized carbons (Fsp3) is 0.421. The summed E-state index contributed by atoms with van der Waals surface area (Å²) in [5.41, 5.74) is 8.07. The Bertz CT molecular complexity index is 811. The van der Waals surface area contributed by atoms with E-state index >= 15 is 0 Å². The number of anilines is 3. The Labute approximate surface area is 164 Å². The number of benzene rings is 1.